The lowest BCUT2D eigenvalue weighted by molar-refractivity contribution is 1.30. The molecule has 0 unspecified atom stereocenters. The number of fused-ring (bicyclic) bond motifs is 1. The number of rotatable bonds is 3. The lowest BCUT2D eigenvalue weighted by atomic mass is 10.3. The molecule has 0 radical (unpaired) electrons. The maximum Gasteiger partial charge on any atom is 0.104 e. The zero-order valence-electron chi connectivity index (χ0n) is 9.97. The number of para-hydroxylation sites is 1. The minimum atomic E-state index is 0.814. The van der Waals surface area contributed by atoms with Gasteiger partial charge in [-0.15, -0.1) is 23.1 Å². The third-order valence-corrected chi connectivity index (χ3v) is 5.46. The number of hydrogen-bond donors (Lipinski definition) is 1. The van der Waals surface area contributed by atoms with Crippen LogP contribution in [0.2, 0.25) is 0 Å². The van der Waals surface area contributed by atoms with E-state index in [0.29, 0.717) is 0 Å². The van der Waals surface area contributed by atoms with E-state index >= 15 is 0 Å². The van der Waals surface area contributed by atoms with Gasteiger partial charge >= 0.3 is 0 Å². The number of thioether (sulfide) groups is 1. The molecule has 3 rings (SSSR count). The summed E-state index contributed by atoms with van der Waals surface area (Å²) in [5, 5.41) is 1.13. The quantitative estimate of drug-likeness (QED) is 0.537. The Labute approximate surface area is 128 Å². The number of thiazole rings is 1. The molecule has 0 aliphatic heterocycles. The predicted octanol–water partition coefficient (Wildman–Crippen LogP) is 4.93. The zero-order chi connectivity index (χ0) is 13.2. The van der Waals surface area contributed by atoms with Crippen molar-refractivity contribution in [3.05, 3.63) is 51.9 Å². The molecule has 5 heteroatoms. The molecule has 0 spiro atoms. The molecule has 0 saturated carbocycles. The Bertz CT molecular complexity index is 691. The second kappa shape index (κ2) is 5.53. The molecule has 0 aliphatic carbocycles. The minimum Gasteiger partial charge on any atom is -0.398 e. The van der Waals surface area contributed by atoms with Crippen molar-refractivity contribution in [3.63, 3.8) is 0 Å². The van der Waals surface area contributed by atoms with E-state index in [4.69, 9.17) is 5.73 Å². The third kappa shape index (κ3) is 2.94. The van der Waals surface area contributed by atoms with Gasteiger partial charge in [0.05, 0.1) is 16.0 Å². The van der Waals surface area contributed by atoms with Crippen molar-refractivity contribution >= 4 is 54.9 Å². The topological polar surface area (TPSA) is 38.9 Å². The van der Waals surface area contributed by atoms with Crippen LogP contribution < -0.4 is 5.73 Å². The molecule has 1 heterocycles. The fourth-order valence-corrected chi connectivity index (χ4v) is 4.23. The lowest BCUT2D eigenvalue weighted by Crippen LogP contribution is -1.88. The molecule has 0 saturated heterocycles. The normalized spacial score (nSPS) is 11.0. The second-order valence-electron chi connectivity index (χ2n) is 4.05. The minimum absolute atomic E-state index is 0.814. The molecule has 1 aromatic heterocycles. The summed E-state index contributed by atoms with van der Waals surface area (Å²) in [6.07, 6.45) is 0. The summed E-state index contributed by atoms with van der Waals surface area (Å²) in [5.41, 5.74) is 7.86. The van der Waals surface area contributed by atoms with Crippen molar-refractivity contribution in [1.29, 1.82) is 0 Å². The molecule has 96 valence electrons. The molecule has 19 heavy (non-hydrogen) atoms. The van der Waals surface area contributed by atoms with Crippen LogP contribution in [-0.4, -0.2) is 4.98 Å². The van der Waals surface area contributed by atoms with Gasteiger partial charge in [0.1, 0.15) is 5.01 Å². The third-order valence-electron chi connectivity index (χ3n) is 2.66. The number of anilines is 1. The molecule has 0 atom stereocenters. The van der Waals surface area contributed by atoms with E-state index in [0.717, 1.165) is 31.3 Å². The van der Waals surface area contributed by atoms with Crippen molar-refractivity contribution in [2.45, 2.75) is 10.6 Å². The van der Waals surface area contributed by atoms with Crippen LogP contribution >= 0.6 is 39.0 Å². The van der Waals surface area contributed by atoms with Crippen LogP contribution in [0, 0.1) is 0 Å². The number of nitrogen functional groups attached to an aromatic ring is 1. The average Bonchev–Trinajstić information content (AvgIpc) is 2.82. The molecule has 0 aliphatic rings. The molecule has 2 aromatic carbocycles. The van der Waals surface area contributed by atoms with E-state index in [1.807, 2.05) is 36.4 Å². The van der Waals surface area contributed by atoms with Crippen LogP contribution in [0.4, 0.5) is 5.69 Å². The van der Waals surface area contributed by atoms with E-state index in [2.05, 4.69) is 27.0 Å². The van der Waals surface area contributed by atoms with Crippen LogP contribution in [0.3, 0.4) is 0 Å². The van der Waals surface area contributed by atoms with Crippen LogP contribution in [0.1, 0.15) is 5.01 Å². The van der Waals surface area contributed by atoms with E-state index in [1.165, 1.54) is 4.70 Å². The van der Waals surface area contributed by atoms with Crippen molar-refractivity contribution in [2.24, 2.45) is 0 Å². The van der Waals surface area contributed by atoms with Crippen LogP contribution in [-0.2, 0) is 5.75 Å². The Morgan fingerprint density at radius 1 is 1.21 bits per heavy atom. The summed E-state index contributed by atoms with van der Waals surface area (Å²) in [5.74, 6) is 0.847. The molecular weight excluding hydrogens is 340 g/mol. The first-order chi connectivity index (χ1) is 9.22. The van der Waals surface area contributed by atoms with Crippen LogP contribution in [0.25, 0.3) is 10.2 Å². The van der Waals surface area contributed by atoms with Gasteiger partial charge in [0, 0.05) is 15.1 Å². The monoisotopic (exact) mass is 350 g/mol. The SMILES string of the molecule is Nc1ccc(Br)cc1SCc1nc2ccccc2s1. The molecular formula is C14H11BrN2S2. The second-order valence-corrected chi connectivity index (χ2v) is 7.09. The van der Waals surface area contributed by atoms with Gasteiger partial charge in [-0.3, -0.25) is 0 Å². The number of hydrogen-bond acceptors (Lipinski definition) is 4. The maximum atomic E-state index is 5.97. The molecule has 2 N–H and O–H groups in total. The van der Waals surface area contributed by atoms with Crippen LogP contribution in [0.15, 0.2) is 51.8 Å². The largest absolute Gasteiger partial charge is 0.398 e. The highest BCUT2D eigenvalue weighted by molar-refractivity contribution is 9.10. The molecule has 2 nitrogen and oxygen atoms in total. The summed E-state index contributed by atoms with van der Waals surface area (Å²) in [6, 6.07) is 14.1. The Morgan fingerprint density at radius 3 is 2.89 bits per heavy atom. The van der Waals surface area contributed by atoms with E-state index in [9.17, 15) is 0 Å². The van der Waals surface area contributed by atoms with Crippen molar-refractivity contribution in [2.75, 3.05) is 5.73 Å². The number of nitrogens with two attached hydrogens (primary N) is 1. The highest BCUT2D eigenvalue weighted by Gasteiger charge is 2.06. The summed E-state index contributed by atoms with van der Waals surface area (Å²) >= 11 is 6.93. The first kappa shape index (κ1) is 13.0. The Morgan fingerprint density at radius 2 is 2.05 bits per heavy atom. The summed E-state index contributed by atoms with van der Waals surface area (Å²) < 4.78 is 2.29. The fraction of sp³-hybridized carbons (Fsp3) is 0.0714. The Hall–Kier alpha value is -1.04. The Balaban J connectivity index is 1.80. The fourth-order valence-electron chi connectivity index (χ4n) is 1.75. The number of benzene rings is 2. The van der Waals surface area contributed by atoms with E-state index < -0.39 is 0 Å². The maximum absolute atomic E-state index is 5.97. The van der Waals surface area contributed by atoms with Gasteiger partial charge in [0.15, 0.2) is 0 Å². The van der Waals surface area contributed by atoms with E-state index in [-0.39, 0.29) is 0 Å². The highest BCUT2D eigenvalue weighted by Crippen LogP contribution is 2.32. The summed E-state index contributed by atoms with van der Waals surface area (Å²) in [7, 11) is 0. The average molecular weight is 351 g/mol. The highest BCUT2D eigenvalue weighted by atomic mass is 79.9. The number of halogens is 1. The van der Waals surface area contributed by atoms with Gasteiger partial charge in [0.2, 0.25) is 0 Å². The van der Waals surface area contributed by atoms with Gasteiger partial charge in [-0.05, 0) is 30.3 Å². The van der Waals surface area contributed by atoms with Crippen molar-refractivity contribution in [3.8, 4) is 0 Å². The van der Waals surface area contributed by atoms with Gasteiger partial charge in [-0.2, -0.15) is 0 Å². The molecule has 3 aromatic rings. The molecule has 0 fully saturated rings. The van der Waals surface area contributed by atoms with Gasteiger partial charge < -0.3 is 5.73 Å². The van der Waals surface area contributed by atoms with Gasteiger partial charge in [-0.1, -0.05) is 28.1 Å². The smallest absolute Gasteiger partial charge is 0.104 e. The van der Waals surface area contributed by atoms with Crippen molar-refractivity contribution in [1.82, 2.24) is 4.98 Å². The van der Waals surface area contributed by atoms with Gasteiger partial charge in [-0.25, -0.2) is 4.98 Å². The molecule has 0 bridgehead atoms. The number of nitrogens with zero attached hydrogens (tertiary/aromatic N) is 1. The lowest BCUT2D eigenvalue weighted by Gasteiger charge is -2.04. The van der Waals surface area contributed by atoms with Crippen molar-refractivity contribution < 1.29 is 0 Å². The summed E-state index contributed by atoms with van der Waals surface area (Å²) in [6.45, 7) is 0. The predicted molar refractivity (Wildman–Crippen MR) is 87.7 cm³/mol. The zero-order valence-corrected chi connectivity index (χ0v) is 13.2. The first-order valence-electron chi connectivity index (χ1n) is 5.74. The van der Waals surface area contributed by atoms with Crippen LogP contribution in [0.5, 0.6) is 0 Å². The summed E-state index contributed by atoms with van der Waals surface area (Å²) in [4.78, 5) is 5.72. The standard InChI is InChI=1S/C14H11BrN2S2/c15-9-5-6-10(16)13(7-9)18-8-14-17-11-3-1-2-4-12(11)19-14/h1-7H,8,16H2. The number of aromatic nitrogens is 1. The Kier molecular flexibility index (Phi) is 3.77. The van der Waals surface area contributed by atoms with E-state index in [1.54, 1.807) is 23.1 Å². The van der Waals surface area contributed by atoms with Gasteiger partial charge in [0.25, 0.3) is 0 Å². The first-order valence-corrected chi connectivity index (χ1v) is 8.34. The molecule has 0 amide bonds.